The highest BCUT2D eigenvalue weighted by Gasteiger charge is 2.38. The molecule has 1 fully saturated rings. The standard InChI is InChI=1S/C25H36N3O5P/c1-15(2)28(16(3)4)34(8)33-21-13-22(32-19(21)7)26-14-18(6)23(29)27(25(26)31)24(30)20-11-9-17(5)10-12-20/h9-12,14-16,19,21-22H,13H2,1-8H3/t19-,21-,22-,34?/m1/s1/i7D. The van der Waals surface area contributed by atoms with Gasteiger partial charge in [0.25, 0.3) is 11.5 Å². The van der Waals surface area contributed by atoms with Gasteiger partial charge in [-0.25, -0.2) is 4.79 Å². The fraction of sp³-hybridized carbons (Fsp3) is 0.560. The number of hydrogen-bond acceptors (Lipinski definition) is 6. The van der Waals surface area contributed by atoms with E-state index in [9.17, 15) is 14.4 Å². The Kier molecular flexibility index (Phi) is 7.83. The molecule has 34 heavy (non-hydrogen) atoms. The number of aromatic nitrogens is 2. The quantitative estimate of drug-likeness (QED) is 0.544. The Bertz CT molecular complexity index is 1150. The first-order valence-electron chi connectivity index (χ1n) is 12.3. The van der Waals surface area contributed by atoms with Gasteiger partial charge in [-0.1, -0.05) is 17.7 Å². The Labute approximate surface area is 203 Å². The molecule has 3 rings (SSSR count). The fourth-order valence-corrected chi connectivity index (χ4v) is 6.41. The van der Waals surface area contributed by atoms with Gasteiger partial charge in [0, 0.05) is 37.2 Å². The Balaban J connectivity index is 1.92. The molecule has 186 valence electrons. The van der Waals surface area contributed by atoms with Crippen LogP contribution in [0.4, 0.5) is 0 Å². The monoisotopic (exact) mass is 490 g/mol. The lowest BCUT2D eigenvalue weighted by Gasteiger charge is -2.36. The second-order valence-corrected chi connectivity index (χ2v) is 11.0. The molecule has 0 aliphatic carbocycles. The maximum atomic E-state index is 13.4. The van der Waals surface area contributed by atoms with Gasteiger partial charge in [-0.15, -0.1) is 0 Å². The highest BCUT2D eigenvalue weighted by Crippen LogP contribution is 2.45. The molecule has 1 saturated heterocycles. The molecule has 2 heterocycles. The average molecular weight is 491 g/mol. The van der Waals surface area contributed by atoms with Crippen molar-refractivity contribution in [1.29, 1.82) is 0 Å². The van der Waals surface area contributed by atoms with Crippen LogP contribution in [0, 0.1) is 13.8 Å². The first-order chi connectivity index (χ1) is 16.5. The number of hydrogen-bond donors (Lipinski definition) is 0. The highest BCUT2D eigenvalue weighted by atomic mass is 31.2. The van der Waals surface area contributed by atoms with Crippen molar-refractivity contribution >= 4 is 14.2 Å². The van der Waals surface area contributed by atoms with Crippen LogP contribution < -0.4 is 11.2 Å². The summed E-state index contributed by atoms with van der Waals surface area (Å²) in [5.41, 5.74) is 0.0610. The van der Waals surface area contributed by atoms with Gasteiger partial charge in [0.05, 0.1) is 12.2 Å². The van der Waals surface area contributed by atoms with Crippen LogP contribution in [0.25, 0.3) is 0 Å². The van der Waals surface area contributed by atoms with Crippen molar-refractivity contribution in [2.75, 3.05) is 6.66 Å². The third-order valence-corrected chi connectivity index (χ3v) is 8.10. The molecule has 0 spiro atoms. The van der Waals surface area contributed by atoms with Crippen LogP contribution in [-0.2, 0) is 9.26 Å². The zero-order chi connectivity index (χ0) is 26.0. The highest BCUT2D eigenvalue weighted by molar-refractivity contribution is 7.49. The van der Waals surface area contributed by atoms with Crippen molar-refractivity contribution in [2.45, 2.75) is 85.4 Å². The van der Waals surface area contributed by atoms with Gasteiger partial charge in [0.2, 0.25) is 0 Å². The molecule has 1 aromatic carbocycles. The second kappa shape index (κ2) is 10.6. The molecule has 0 saturated carbocycles. The van der Waals surface area contributed by atoms with E-state index in [1.54, 1.807) is 31.2 Å². The lowest BCUT2D eigenvalue weighted by atomic mass is 10.1. The van der Waals surface area contributed by atoms with Crippen molar-refractivity contribution < 1.29 is 15.4 Å². The molecule has 0 radical (unpaired) electrons. The lowest BCUT2D eigenvalue weighted by Crippen LogP contribution is -2.45. The smallest absolute Gasteiger partial charge is 0.340 e. The molecular formula is C25H36N3O5P. The van der Waals surface area contributed by atoms with Crippen molar-refractivity contribution in [2.24, 2.45) is 0 Å². The first kappa shape index (κ1) is 25.0. The molecule has 1 aliphatic rings. The predicted octanol–water partition coefficient (Wildman–Crippen LogP) is 4.07. The summed E-state index contributed by atoms with van der Waals surface area (Å²) in [6.07, 6.45) is 0.131. The molecule has 2 aromatic rings. The summed E-state index contributed by atoms with van der Waals surface area (Å²) < 4.78 is 24.7. The number of ether oxygens (including phenoxy) is 1. The van der Waals surface area contributed by atoms with E-state index in [-0.39, 0.29) is 24.1 Å². The third kappa shape index (κ3) is 5.41. The molecule has 9 heteroatoms. The summed E-state index contributed by atoms with van der Waals surface area (Å²) in [4.78, 5) is 39.3. The number of benzene rings is 1. The van der Waals surface area contributed by atoms with E-state index in [2.05, 4.69) is 32.4 Å². The Morgan fingerprint density at radius 1 is 1.18 bits per heavy atom. The van der Waals surface area contributed by atoms with E-state index in [0.717, 1.165) is 5.56 Å². The van der Waals surface area contributed by atoms with E-state index in [4.69, 9.17) is 10.6 Å². The van der Waals surface area contributed by atoms with Crippen LogP contribution in [0.3, 0.4) is 0 Å². The Morgan fingerprint density at radius 3 is 2.35 bits per heavy atom. The minimum atomic E-state index is -0.950. The molecule has 4 atom stereocenters. The van der Waals surface area contributed by atoms with Crippen LogP contribution in [-0.4, -0.2) is 50.7 Å². The van der Waals surface area contributed by atoms with E-state index in [1.807, 2.05) is 13.6 Å². The molecule has 0 N–H and O–H groups in total. The van der Waals surface area contributed by atoms with Gasteiger partial charge >= 0.3 is 5.69 Å². The minimum absolute atomic E-state index is 0.0244. The van der Waals surface area contributed by atoms with Gasteiger partial charge < -0.3 is 9.26 Å². The van der Waals surface area contributed by atoms with Crippen molar-refractivity contribution in [3.05, 3.63) is 68.0 Å². The second-order valence-electron chi connectivity index (χ2n) is 9.35. The van der Waals surface area contributed by atoms with E-state index >= 15 is 0 Å². The molecule has 1 unspecified atom stereocenters. The molecular weight excluding hydrogens is 453 g/mol. The lowest BCUT2D eigenvalue weighted by molar-refractivity contribution is -0.00690. The van der Waals surface area contributed by atoms with Crippen LogP contribution >= 0.6 is 8.30 Å². The summed E-state index contributed by atoms with van der Waals surface area (Å²) in [6.45, 7) is 14.0. The maximum Gasteiger partial charge on any atom is 0.340 e. The van der Waals surface area contributed by atoms with Crippen LogP contribution in [0.1, 0.15) is 70.1 Å². The maximum absolute atomic E-state index is 13.4. The Morgan fingerprint density at radius 2 is 1.79 bits per heavy atom. The van der Waals surface area contributed by atoms with Gasteiger partial charge in [-0.2, -0.15) is 4.57 Å². The largest absolute Gasteiger partial charge is 0.352 e. The molecule has 0 bridgehead atoms. The summed E-state index contributed by atoms with van der Waals surface area (Å²) >= 11 is 0. The third-order valence-electron chi connectivity index (χ3n) is 5.95. The normalized spacial score (nSPS) is 21.9. The SMILES string of the molecule is [2H]C[C@H]1O[C@@H](n2cc(C)c(=O)n(C(=O)c3ccc(C)cc3)c2=O)C[C@H]1OP(C)N(C(C)C)C(C)C. The summed E-state index contributed by atoms with van der Waals surface area (Å²) in [6, 6.07) is 7.30. The van der Waals surface area contributed by atoms with Crippen molar-refractivity contribution in [3.8, 4) is 0 Å². The molecule has 0 amide bonds. The van der Waals surface area contributed by atoms with Gasteiger partial charge in [0.15, 0.2) is 0 Å². The zero-order valence-corrected chi connectivity index (χ0v) is 21.9. The van der Waals surface area contributed by atoms with E-state index in [1.165, 1.54) is 10.8 Å². The average Bonchev–Trinajstić information content (AvgIpc) is 3.18. The van der Waals surface area contributed by atoms with Gasteiger partial charge in [-0.05, 0) is 67.2 Å². The number of rotatable bonds is 7. The summed E-state index contributed by atoms with van der Waals surface area (Å²) in [5, 5.41) is 0. The minimum Gasteiger partial charge on any atom is -0.352 e. The number of carbonyl (C=O) groups excluding carboxylic acids is 1. The summed E-state index contributed by atoms with van der Waals surface area (Å²) in [5.74, 6) is -0.679. The van der Waals surface area contributed by atoms with E-state index < -0.39 is 37.8 Å². The van der Waals surface area contributed by atoms with Crippen LogP contribution in [0.5, 0.6) is 0 Å². The van der Waals surface area contributed by atoms with Crippen LogP contribution in [0.15, 0.2) is 40.1 Å². The molecule has 1 aromatic heterocycles. The summed E-state index contributed by atoms with van der Waals surface area (Å²) in [7, 11) is -0.950. The van der Waals surface area contributed by atoms with Gasteiger partial charge in [0.1, 0.15) is 14.5 Å². The zero-order valence-electron chi connectivity index (χ0n) is 22.0. The number of aryl methyl sites for hydroxylation is 2. The molecule has 8 nitrogen and oxygen atoms in total. The number of carbonyl (C=O) groups is 1. The van der Waals surface area contributed by atoms with Crippen molar-refractivity contribution in [1.82, 2.24) is 13.8 Å². The molecule has 1 aliphatic heterocycles. The van der Waals surface area contributed by atoms with E-state index in [0.29, 0.717) is 23.1 Å². The van der Waals surface area contributed by atoms with Gasteiger partial charge in [-0.3, -0.25) is 18.8 Å². The fourth-order valence-electron chi connectivity index (χ4n) is 4.39. The number of nitrogens with zero attached hydrogens (tertiary/aromatic N) is 3. The Hall–Kier alpha value is -2.12. The topological polar surface area (TPSA) is 82.8 Å². The van der Waals surface area contributed by atoms with Crippen molar-refractivity contribution in [3.63, 3.8) is 0 Å². The predicted molar refractivity (Wildman–Crippen MR) is 135 cm³/mol. The first-order valence-corrected chi connectivity index (χ1v) is 13.2. The van der Waals surface area contributed by atoms with Crippen LogP contribution in [0.2, 0.25) is 0 Å².